The molecule has 2 aromatic rings. The van der Waals surface area contributed by atoms with E-state index >= 15 is 0 Å². The molecule has 3 heteroatoms. The predicted molar refractivity (Wildman–Crippen MR) is 173 cm³/mol. The van der Waals surface area contributed by atoms with Gasteiger partial charge in [-0.05, 0) is 120 Å². The summed E-state index contributed by atoms with van der Waals surface area (Å²) in [6, 6.07) is 15.0. The van der Waals surface area contributed by atoms with E-state index in [0.717, 1.165) is 60.8 Å². The summed E-state index contributed by atoms with van der Waals surface area (Å²) in [5, 5.41) is 23.0. The third kappa shape index (κ3) is 5.46. The summed E-state index contributed by atoms with van der Waals surface area (Å²) >= 11 is 0. The van der Waals surface area contributed by atoms with Gasteiger partial charge in [-0.2, -0.15) is 10.2 Å². The van der Waals surface area contributed by atoms with E-state index in [1.807, 2.05) is 6.21 Å². The summed E-state index contributed by atoms with van der Waals surface area (Å²) in [5.74, 6) is 5.15. The van der Waals surface area contributed by atoms with E-state index < -0.39 is 0 Å². The van der Waals surface area contributed by atoms with Crippen LogP contribution in [0.25, 0.3) is 10.8 Å². The maximum Gasteiger partial charge on any atom is 0.0568 e. The van der Waals surface area contributed by atoms with E-state index in [-0.39, 0.29) is 11.5 Å². The first-order chi connectivity index (χ1) is 19.7. The molecular formula is C38H54N2O. The fourth-order valence-corrected chi connectivity index (χ4v) is 10.6. The standard InChI is InChI=1S/C38H54N2O/c1-25(2)9-8-10-26(3)32-15-16-33-31-23-36(40-39-24-27-13-14-28-11-6-7-12-29(28)21-27)35-22-30(41)17-19-38(35,5)34(31)18-20-37(32,33)4/h6-7,11-14,21,24-26,30-35,41H,8-10,15-20,22-23H2,1-5H3/b39-24+,40-36+/t26-,30+,31+,32-,33+,34+,35?,37-,38-/m1/s1. The molecule has 0 aliphatic heterocycles. The van der Waals surface area contributed by atoms with Crippen molar-refractivity contribution in [3.05, 3.63) is 48.0 Å². The highest BCUT2D eigenvalue weighted by Crippen LogP contribution is 2.68. The second-order valence-corrected chi connectivity index (χ2v) is 15.5. The maximum atomic E-state index is 10.8. The summed E-state index contributed by atoms with van der Waals surface area (Å²) in [4.78, 5) is 0. The topological polar surface area (TPSA) is 45.0 Å². The van der Waals surface area contributed by atoms with E-state index in [1.165, 1.54) is 61.4 Å². The van der Waals surface area contributed by atoms with E-state index in [4.69, 9.17) is 10.2 Å². The van der Waals surface area contributed by atoms with Crippen molar-refractivity contribution in [2.24, 2.45) is 62.5 Å². The molecule has 1 unspecified atom stereocenters. The normalized spacial score (nSPS) is 38.8. The summed E-state index contributed by atoms with van der Waals surface area (Å²) in [6.07, 6.45) is 15.5. The Bertz CT molecular complexity index is 1280. The number of nitrogens with zero attached hydrogens (tertiary/aromatic N) is 2. The molecule has 4 fully saturated rings. The van der Waals surface area contributed by atoms with E-state index in [9.17, 15) is 5.11 Å². The van der Waals surface area contributed by atoms with Gasteiger partial charge in [0.15, 0.2) is 0 Å². The Labute approximate surface area is 249 Å². The fraction of sp³-hybridized carbons (Fsp3) is 0.684. The highest BCUT2D eigenvalue weighted by molar-refractivity contribution is 5.92. The minimum atomic E-state index is -0.198. The molecule has 4 saturated carbocycles. The van der Waals surface area contributed by atoms with Crippen molar-refractivity contribution >= 4 is 22.7 Å². The molecule has 0 aromatic heterocycles. The molecule has 1 N–H and O–H groups in total. The fourth-order valence-electron chi connectivity index (χ4n) is 10.6. The van der Waals surface area contributed by atoms with Gasteiger partial charge in [-0.3, -0.25) is 0 Å². The van der Waals surface area contributed by atoms with Crippen LogP contribution >= 0.6 is 0 Å². The van der Waals surface area contributed by atoms with Crippen molar-refractivity contribution in [1.82, 2.24) is 0 Å². The first-order valence-electron chi connectivity index (χ1n) is 17.0. The molecular weight excluding hydrogens is 500 g/mol. The number of hydrogen-bond donors (Lipinski definition) is 1. The molecule has 9 atom stereocenters. The van der Waals surface area contributed by atoms with E-state index in [0.29, 0.717) is 17.3 Å². The summed E-state index contributed by atoms with van der Waals surface area (Å²) in [7, 11) is 0. The van der Waals surface area contributed by atoms with Crippen LogP contribution in [-0.4, -0.2) is 23.1 Å². The number of rotatable bonds is 7. The molecule has 0 spiro atoms. The van der Waals surface area contributed by atoms with Crippen LogP contribution in [0.1, 0.15) is 111 Å². The lowest BCUT2D eigenvalue weighted by Crippen LogP contribution is -2.57. The monoisotopic (exact) mass is 554 g/mol. The molecule has 0 amide bonds. The van der Waals surface area contributed by atoms with Gasteiger partial charge in [-0.1, -0.05) is 90.3 Å². The van der Waals surface area contributed by atoms with Gasteiger partial charge in [0, 0.05) is 11.6 Å². The summed E-state index contributed by atoms with van der Waals surface area (Å²) in [5.41, 5.74) is 3.09. The molecule has 0 heterocycles. The van der Waals surface area contributed by atoms with Gasteiger partial charge in [0.25, 0.3) is 0 Å². The molecule has 0 radical (unpaired) electrons. The molecule has 4 aliphatic carbocycles. The van der Waals surface area contributed by atoms with Crippen LogP contribution < -0.4 is 0 Å². The molecule has 0 saturated heterocycles. The smallest absolute Gasteiger partial charge is 0.0568 e. The van der Waals surface area contributed by atoms with Crippen molar-refractivity contribution in [1.29, 1.82) is 0 Å². The molecule has 41 heavy (non-hydrogen) atoms. The Morgan fingerprint density at radius 3 is 2.46 bits per heavy atom. The van der Waals surface area contributed by atoms with Gasteiger partial charge in [-0.15, -0.1) is 0 Å². The zero-order valence-electron chi connectivity index (χ0n) is 26.4. The third-order valence-corrected chi connectivity index (χ3v) is 12.8. The van der Waals surface area contributed by atoms with Crippen molar-refractivity contribution in [3.63, 3.8) is 0 Å². The highest BCUT2D eigenvalue weighted by atomic mass is 16.3. The number of fused-ring (bicyclic) bond motifs is 6. The van der Waals surface area contributed by atoms with Gasteiger partial charge in [0.1, 0.15) is 0 Å². The summed E-state index contributed by atoms with van der Waals surface area (Å²) < 4.78 is 0. The molecule has 0 bridgehead atoms. The molecule has 222 valence electrons. The Morgan fingerprint density at radius 1 is 0.902 bits per heavy atom. The minimum absolute atomic E-state index is 0.198. The van der Waals surface area contributed by atoms with Crippen LogP contribution in [0.15, 0.2) is 52.7 Å². The van der Waals surface area contributed by atoms with E-state index in [1.54, 1.807) is 0 Å². The number of aliphatic hydroxyl groups excluding tert-OH is 1. The molecule has 6 rings (SSSR count). The number of benzene rings is 2. The van der Waals surface area contributed by atoms with Gasteiger partial charge < -0.3 is 5.11 Å². The first-order valence-corrected chi connectivity index (χ1v) is 17.0. The van der Waals surface area contributed by atoms with Crippen LogP contribution in [0, 0.1) is 52.3 Å². The van der Waals surface area contributed by atoms with Crippen LogP contribution in [0.2, 0.25) is 0 Å². The van der Waals surface area contributed by atoms with Crippen molar-refractivity contribution in [2.75, 3.05) is 0 Å². The van der Waals surface area contributed by atoms with Crippen molar-refractivity contribution < 1.29 is 5.11 Å². The largest absolute Gasteiger partial charge is 0.393 e. The third-order valence-electron chi connectivity index (χ3n) is 12.8. The average Bonchev–Trinajstić information content (AvgIpc) is 3.31. The van der Waals surface area contributed by atoms with Gasteiger partial charge in [-0.25, -0.2) is 0 Å². The van der Waals surface area contributed by atoms with Crippen LogP contribution in [0.4, 0.5) is 0 Å². The number of hydrogen-bond acceptors (Lipinski definition) is 3. The quantitative estimate of drug-likeness (QED) is 0.269. The zero-order chi connectivity index (χ0) is 28.8. The maximum absolute atomic E-state index is 10.8. The van der Waals surface area contributed by atoms with Crippen LogP contribution in [0.5, 0.6) is 0 Å². The van der Waals surface area contributed by atoms with Crippen LogP contribution in [0.3, 0.4) is 0 Å². The van der Waals surface area contributed by atoms with Crippen LogP contribution in [-0.2, 0) is 0 Å². The molecule has 2 aromatic carbocycles. The molecule has 4 aliphatic rings. The Hall–Kier alpha value is -2.00. The lowest BCUT2D eigenvalue weighted by Gasteiger charge is -2.61. The Morgan fingerprint density at radius 2 is 1.66 bits per heavy atom. The van der Waals surface area contributed by atoms with Gasteiger partial charge in [0.2, 0.25) is 0 Å². The second kappa shape index (κ2) is 11.6. The van der Waals surface area contributed by atoms with E-state index in [2.05, 4.69) is 77.1 Å². The van der Waals surface area contributed by atoms with Gasteiger partial charge >= 0.3 is 0 Å². The zero-order valence-corrected chi connectivity index (χ0v) is 26.4. The van der Waals surface area contributed by atoms with Crippen molar-refractivity contribution in [2.45, 2.75) is 111 Å². The lowest BCUT2D eigenvalue weighted by molar-refractivity contribution is -0.0938. The Balaban J connectivity index is 1.26. The second-order valence-electron chi connectivity index (χ2n) is 15.5. The lowest BCUT2D eigenvalue weighted by atomic mass is 9.44. The molecule has 3 nitrogen and oxygen atoms in total. The Kier molecular flexibility index (Phi) is 8.22. The van der Waals surface area contributed by atoms with Gasteiger partial charge in [0.05, 0.1) is 12.3 Å². The number of aliphatic hydroxyl groups is 1. The predicted octanol–water partition coefficient (Wildman–Crippen LogP) is 9.71. The first kappa shape index (κ1) is 29.1. The summed E-state index contributed by atoms with van der Waals surface area (Å²) in [6.45, 7) is 12.5. The minimum Gasteiger partial charge on any atom is -0.393 e. The average molecular weight is 555 g/mol. The SMILES string of the molecule is CC(C)CCC[C@@H](C)[C@H]1CC[C@H]2[C@@H]3C/C(=N\N=C\c4ccc5ccccc5c4)C4C[C@@H](O)CC[C@]4(C)[C@H]3CC[C@]12C. The highest BCUT2D eigenvalue weighted by Gasteiger charge is 2.62. The van der Waals surface area contributed by atoms with Crippen molar-refractivity contribution in [3.8, 4) is 0 Å².